The van der Waals surface area contributed by atoms with Crippen LogP contribution in [0, 0.1) is 0 Å². The number of guanidine groups is 1. The van der Waals surface area contributed by atoms with Gasteiger partial charge in [0.25, 0.3) is 5.91 Å². The average Bonchev–Trinajstić information content (AvgIpc) is 2.88. The van der Waals surface area contributed by atoms with E-state index in [0.717, 1.165) is 5.56 Å². The number of pyridine rings is 1. The van der Waals surface area contributed by atoms with Gasteiger partial charge in [0.2, 0.25) is 17.7 Å². The summed E-state index contributed by atoms with van der Waals surface area (Å²) in [7, 11) is 1.58. The third-order valence-electron chi connectivity index (χ3n) is 5.71. The number of nitrogens with zero attached hydrogens (tertiary/aromatic N) is 4. The first-order chi connectivity index (χ1) is 17.7. The number of hydrogen-bond donors (Lipinski definition) is 2. The molecule has 2 amide bonds. The number of carbonyl (C=O) groups is 3. The normalized spacial score (nSPS) is 15.1. The first kappa shape index (κ1) is 25.6. The Morgan fingerprint density at radius 3 is 2.49 bits per heavy atom. The van der Waals surface area contributed by atoms with Crippen molar-refractivity contribution in [1.29, 1.82) is 0 Å². The Labute approximate surface area is 218 Å². The van der Waals surface area contributed by atoms with Gasteiger partial charge in [0.15, 0.2) is 5.69 Å². The predicted molar refractivity (Wildman–Crippen MR) is 138 cm³/mol. The molecule has 0 fully saturated rings. The Morgan fingerprint density at radius 2 is 1.84 bits per heavy atom. The molecule has 1 unspecified atom stereocenters. The number of carboxylic acids is 1. The van der Waals surface area contributed by atoms with Gasteiger partial charge >= 0.3 is 5.97 Å². The molecule has 0 radical (unpaired) electrons. The number of carboxylic acid groups (broad SMARTS) is 1. The van der Waals surface area contributed by atoms with Gasteiger partial charge in [-0.1, -0.05) is 29.8 Å². The van der Waals surface area contributed by atoms with Gasteiger partial charge in [-0.25, -0.2) is 14.8 Å². The third kappa shape index (κ3) is 6.22. The molecule has 1 aromatic heterocycles. The number of aromatic carboxylic acids is 1. The zero-order valence-electron chi connectivity index (χ0n) is 20.1. The van der Waals surface area contributed by atoms with Crippen LogP contribution in [0.2, 0.25) is 5.02 Å². The van der Waals surface area contributed by atoms with E-state index in [0.29, 0.717) is 22.4 Å². The molecule has 2 heterocycles. The molecule has 10 nitrogen and oxygen atoms in total. The summed E-state index contributed by atoms with van der Waals surface area (Å²) < 4.78 is 5.66. The summed E-state index contributed by atoms with van der Waals surface area (Å²) in [6, 6.07) is 17.7. The second kappa shape index (κ2) is 11.1. The number of anilines is 1. The Hall–Kier alpha value is -4.44. The predicted octanol–water partition coefficient (Wildman–Crippen LogP) is 3.88. The maximum Gasteiger partial charge on any atom is 0.354 e. The van der Waals surface area contributed by atoms with Gasteiger partial charge in [-0.05, 0) is 48.0 Å². The molecule has 0 saturated carbocycles. The van der Waals surface area contributed by atoms with Crippen molar-refractivity contribution in [1.82, 2.24) is 14.8 Å². The minimum atomic E-state index is -1.15. The summed E-state index contributed by atoms with van der Waals surface area (Å²) in [5.41, 5.74) is 1.37. The maximum atomic E-state index is 13.4. The van der Waals surface area contributed by atoms with Gasteiger partial charge in [-0.15, -0.1) is 0 Å². The number of rotatable bonds is 7. The number of ether oxygens (including phenoxy) is 1. The number of carbonyl (C=O) groups excluding carboxylic acids is 2. The first-order valence-corrected chi connectivity index (χ1v) is 11.7. The van der Waals surface area contributed by atoms with E-state index >= 15 is 0 Å². The van der Waals surface area contributed by atoms with Crippen LogP contribution in [0.1, 0.15) is 23.0 Å². The number of benzene rings is 2. The molecule has 0 aliphatic carbocycles. The molecule has 37 heavy (non-hydrogen) atoms. The van der Waals surface area contributed by atoms with Gasteiger partial charge in [-0.3, -0.25) is 14.5 Å². The van der Waals surface area contributed by atoms with Crippen LogP contribution in [0.25, 0.3) is 0 Å². The van der Waals surface area contributed by atoms with Crippen molar-refractivity contribution in [3.63, 3.8) is 0 Å². The summed E-state index contributed by atoms with van der Waals surface area (Å²) >= 11 is 6.00. The van der Waals surface area contributed by atoms with E-state index in [4.69, 9.17) is 21.4 Å². The maximum absolute atomic E-state index is 13.4. The van der Waals surface area contributed by atoms with Gasteiger partial charge < -0.3 is 20.1 Å². The summed E-state index contributed by atoms with van der Waals surface area (Å²) in [6.45, 7) is 1.77. The molecule has 2 aromatic carbocycles. The zero-order chi connectivity index (χ0) is 26.5. The highest BCUT2D eigenvalue weighted by atomic mass is 35.5. The lowest BCUT2D eigenvalue weighted by atomic mass is 10.1. The molecule has 0 saturated heterocycles. The van der Waals surface area contributed by atoms with Crippen molar-refractivity contribution < 1.29 is 24.2 Å². The van der Waals surface area contributed by atoms with Crippen LogP contribution in [0.4, 0.5) is 5.69 Å². The highest BCUT2D eigenvalue weighted by Gasteiger charge is 2.35. The number of amides is 2. The van der Waals surface area contributed by atoms with E-state index in [1.54, 1.807) is 55.6 Å². The fourth-order valence-corrected chi connectivity index (χ4v) is 3.73. The smallest absolute Gasteiger partial charge is 0.354 e. The fraction of sp³-hybridized carbons (Fsp3) is 0.192. The molecule has 0 spiro atoms. The second-order valence-electron chi connectivity index (χ2n) is 8.28. The van der Waals surface area contributed by atoms with E-state index in [-0.39, 0.29) is 36.5 Å². The molecule has 3 aromatic rings. The first-order valence-electron chi connectivity index (χ1n) is 11.3. The molecular formula is C26H24ClN5O5. The fourth-order valence-electron chi connectivity index (χ4n) is 3.61. The molecule has 190 valence electrons. The zero-order valence-corrected chi connectivity index (χ0v) is 20.8. The van der Waals surface area contributed by atoms with E-state index in [1.165, 1.54) is 22.8 Å². The lowest BCUT2D eigenvalue weighted by molar-refractivity contribution is -0.141. The number of likely N-dealkylation sites (N-methyl/N-ethyl adjacent to an activating group) is 1. The second-order valence-corrected chi connectivity index (χ2v) is 8.71. The highest BCUT2D eigenvalue weighted by molar-refractivity contribution is 6.30. The largest absolute Gasteiger partial charge is 0.477 e. The number of hydrogen-bond acceptors (Lipinski definition) is 7. The minimum Gasteiger partial charge on any atom is -0.477 e. The number of halogens is 1. The number of nitrogens with one attached hydrogen (secondary N) is 1. The Bertz CT molecular complexity index is 1340. The highest BCUT2D eigenvalue weighted by Crippen LogP contribution is 2.23. The van der Waals surface area contributed by atoms with Crippen LogP contribution >= 0.6 is 11.6 Å². The molecule has 11 heteroatoms. The lowest BCUT2D eigenvalue weighted by Gasteiger charge is -2.35. The number of aliphatic imine (C=N–C) groups is 1. The number of aromatic nitrogens is 1. The van der Waals surface area contributed by atoms with Crippen LogP contribution in [0.15, 0.2) is 71.7 Å². The van der Waals surface area contributed by atoms with Gasteiger partial charge in [0, 0.05) is 30.7 Å². The van der Waals surface area contributed by atoms with Crippen molar-refractivity contribution in [3.05, 3.63) is 83.0 Å². The molecule has 2 N–H and O–H groups in total. The summed E-state index contributed by atoms with van der Waals surface area (Å²) in [6.07, 6.45) is 0. The Kier molecular flexibility index (Phi) is 7.69. The van der Waals surface area contributed by atoms with Crippen molar-refractivity contribution >= 4 is 41.0 Å². The lowest BCUT2D eigenvalue weighted by Crippen LogP contribution is -2.56. The van der Waals surface area contributed by atoms with Gasteiger partial charge in [0.05, 0.1) is 13.1 Å². The third-order valence-corrected chi connectivity index (χ3v) is 5.97. The van der Waals surface area contributed by atoms with Crippen LogP contribution in [-0.2, 0) is 16.1 Å². The molecule has 4 rings (SSSR count). The SMILES string of the molecule is CC(=O)N(C)C1CN=C(Nc2ccc(Oc3cccc(C(=O)O)n3)cc2)N(Cc2ccc(Cl)cc2)C1=O. The molecular weight excluding hydrogens is 498 g/mol. The molecule has 0 bridgehead atoms. The van der Waals surface area contributed by atoms with E-state index < -0.39 is 12.0 Å². The molecule has 1 atom stereocenters. The topological polar surface area (TPSA) is 124 Å². The van der Waals surface area contributed by atoms with E-state index in [9.17, 15) is 14.4 Å². The molecule has 1 aliphatic rings. The van der Waals surface area contributed by atoms with Crippen LogP contribution in [0.5, 0.6) is 11.6 Å². The summed E-state index contributed by atoms with van der Waals surface area (Å²) in [5, 5.41) is 12.9. The van der Waals surface area contributed by atoms with Crippen molar-refractivity contribution in [3.8, 4) is 11.6 Å². The quantitative estimate of drug-likeness (QED) is 0.483. The monoisotopic (exact) mass is 521 g/mol. The van der Waals surface area contributed by atoms with E-state index in [2.05, 4.69) is 15.3 Å². The van der Waals surface area contributed by atoms with Crippen molar-refractivity contribution in [2.24, 2.45) is 4.99 Å². The van der Waals surface area contributed by atoms with Crippen molar-refractivity contribution in [2.45, 2.75) is 19.5 Å². The van der Waals surface area contributed by atoms with Crippen molar-refractivity contribution in [2.75, 3.05) is 18.9 Å². The van der Waals surface area contributed by atoms with E-state index in [1.807, 2.05) is 12.1 Å². The summed E-state index contributed by atoms with van der Waals surface area (Å²) in [5.74, 6) is -0.684. The Morgan fingerprint density at radius 1 is 1.14 bits per heavy atom. The van der Waals surface area contributed by atoms with Gasteiger partial charge in [0.1, 0.15) is 11.8 Å². The summed E-state index contributed by atoms with van der Waals surface area (Å²) in [4.78, 5) is 47.8. The van der Waals surface area contributed by atoms with Gasteiger partial charge in [-0.2, -0.15) is 0 Å². The van der Waals surface area contributed by atoms with Crippen LogP contribution in [-0.4, -0.2) is 63.3 Å². The Balaban J connectivity index is 1.53. The average molecular weight is 522 g/mol. The molecule has 1 aliphatic heterocycles. The van der Waals surface area contributed by atoms with Crippen LogP contribution in [0.3, 0.4) is 0 Å². The minimum absolute atomic E-state index is 0.120. The standard InChI is InChI=1S/C26H24ClN5O5/c1-16(33)31(2)22-14-28-26(32(24(22)34)15-17-6-8-18(27)9-7-17)29-19-10-12-20(13-11-19)37-23-5-3-4-21(30-23)25(35)36/h3-13,22H,14-15H2,1-2H3,(H,28,29)(H,35,36). The van der Waals surface area contributed by atoms with Crippen LogP contribution < -0.4 is 10.1 Å².